The topological polar surface area (TPSA) is 36.9 Å². The fourth-order valence-electron chi connectivity index (χ4n) is 1.36. The highest BCUT2D eigenvalue weighted by Crippen LogP contribution is 2.36. The maximum atomic E-state index is 6.13. The standard InChI is InChI=1S/C13H26O4S2Si/c1-13(2,3)20(5,6)16-8-10-7-15-11(9-14-10)17-12(18)19-4/h10-11H,7-9H2,1-6H3. The van der Waals surface area contributed by atoms with Crippen LogP contribution in [0.1, 0.15) is 20.8 Å². The van der Waals surface area contributed by atoms with E-state index in [1.54, 1.807) is 0 Å². The number of hydrogen-bond acceptors (Lipinski definition) is 6. The summed E-state index contributed by atoms with van der Waals surface area (Å²) in [5, 5.41) is 0.207. The fraction of sp³-hybridized carbons (Fsp3) is 0.923. The summed E-state index contributed by atoms with van der Waals surface area (Å²) in [4.78, 5) is 0. The molecule has 4 nitrogen and oxygen atoms in total. The zero-order valence-corrected chi connectivity index (χ0v) is 15.9. The second-order valence-electron chi connectivity index (χ2n) is 6.36. The van der Waals surface area contributed by atoms with E-state index in [2.05, 4.69) is 33.9 Å². The molecule has 2 atom stereocenters. The molecule has 7 heteroatoms. The Morgan fingerprint density at radius 2 is 1.95 bits per heavy atom. The van der Waals surface area contributed by atoms with Crippen molar-refractivity contribution in [3.8, 4) is 0 Å². The lowest BCUT2D eigenvalue weighted by atomic mass is 10.2. The second kappa shape index (κ2) is 7.55. The van der Waals surface area contributed by atoms with Gasteiger partial charge in [0.05, 0.1) is 13.2 Å². The van der Waals surface area contributed by atoms with Gasteiger partial charge in [-0.15, -0.1) is 0 Å². The lowest BCUT2D eigenvalue weighted by Gasteiger charge is -2.38. The van der Waals surface area contributed by atoms with Crippen molar-refractivity contribution < 1.29 is 18.6 Å². The van der Waals surface area contributed by atoms with Gasteiger partial charge in [0.15, 0.2) is 8.32 Å². The molecule has 1 heterocycles. The van der Waals surface area contributed by atoms with Crippen LogP contribution in [0.15, 0.2) is 0 Å². The van der Waals surface area contributed by atoms with Crippen LogP contribution in [0, 0.1) is 0 Å². The largest absolute Gasteiger partial charge is 0.446 e. The van der Waals surface area contributed by atoms with E-state index in [-0.39, 0.29) is 17.4 Å². The molecule has 0 aromatic heterocycles. The van der Waals surface area contributed by atoms with Gasteiger partial charge in [-0.2, -0.15) is 0 Å². The summed E-state index contributed by atoms with van der Waals surface area (Å²) < 4.78 is 23.3. The van der Waals surface area contributed by atoms with Gasteiger partial charge in [0, 0.05) is 0 Å². The van der Waals surface area contributed by atoms with E-state index in [9.17, 15) is 0 Å². The minimum absolute atomic E-state index is 0.0215. The molecule has 118 valence electrons. The van der Waals surface area contributed by atoms with Gasteiger partial charge in [0.2, 0.25) is 10.7 Å². The molecule has 0 aromatic rings. The van der Waals surface area contributed by atoms with E-state index < -0.39 is 8.32 Å². The molecule has 1 saturated heterocycles. The summed E-state index contributed by atoms with van der Waals surface area (Å²) in [5.74, 6) is 0. The van der Waals surface area contributed by atoms with Crippen LogP contribution in [0.25, 0.3) is 0 Å². The predicted molar refractivity (Wildman–Crippen MR) is 89.8 cm³/mol. The van der Waals surface area contributed by atoms with Gasteiger partial charge < -0.3 is 18.6 Å². The quantitative estimate of drug-likeness (QED) is 0.577. The number of ether oxygens (including phenoxy) is 3. The summed E-state index contributed by atoms with van der Waals surface area (Å²) in [5.41, 5.74) is 0. The van der Waals surface area contributed by atoms with Crippen molar-refractivity contribution in [2.45, 2.75) is 51.3 Å². The minimum Gasteiger partial charge on any atom is -0.446 e. The van der Waals surface area contributed by atoms with Gasteiger partial charge in [-0.1, -0.05) is 32.5 Å². The molecule has 20 heavy (non-hydrogen) atoms. The Morgan fingerprint density at radius 1 is 1.30 bits per heavy atom. The molecule has 0 amide bonds. The zero-order valence-electron chi connectivity index (χ0n) is 13.2. The Bertz CT molecular complexity index is 323. The molecule has 1 aliphatic heterocycles. The molecular weight excluding hydrogens is 312 g/mol. The Labute approximate surface area is 133 Å². The third-order valence-corrected chi connectivity index (χ3v) is 9.29. The summed E-state index contributed by atoms with van der Waals surface area (Å²) >= 11 is 6.38. The average Bonchev–Trinajstić information content (AvgIpc) is 2.36. The highest BCUT2D eigenvalue weighted by molar-refractivity contribution is 8.22. The van der Waals surface area contributed by atoms with Gasteiger partial charge in [-0.25, -0.2) is 0 Å². The molecular formula is C13H26O4S2Si. The van der Waals surface area contributed by atoms with E-state index >= 15 is 0 Å². The first-order chi connectivity index (χ1) is 9.15. The molecule has 0 N–H and O–H groups in total. The number of rotatable bonds is 4. The first-order valence-corrected chi connectivity index (χ1v) is 11.3. The smallest absolute Gasteiger partial charge is 0.225 e. The molecule has 0 saturated carbocycles. The van der Waals surface area contributed by atoms with Crippen LogP contribution in [-0.2, 0) is 18.6 Å². The van der Waals surface area contributed by atoms with Crippen molar-refractivity contribution in [1.82, 2.24) is 0 Å². The van der Waals surface area contributed by atoms with Gasteiger partial charge in [0.1, 0.15) is 12.7 Å². The van der Waals surface area contributed by atoms with Crippen LogP contribution in [0.3, 0.4) is 0 Å². The molecule has 1 fully saturated rings. The van der Waals surface area contributed by atoms with Crippen molar-refractivity contribution in [3.63, 3.8) is 0 Å². The zero-order chi connectivity index (χ0) is 15.4. The lowest BCUT2D eigenvalue weighted by molar-refractivity contribution is -0.208. The first-order valence-electron chi connectivity index (χ1n) is 6.77. The number of thiocarbonyl (C=S) groups is 1. The van der Waals surface area contributed by atoms with Crippen LogP contribution >= 0.6 is 24.0 Å². The third-order valence-electron chi connectivity index (χ3n) is 3.77. The van der Waals surface area contributed by atoms with Crippen molar-refractivity contribution in [2.75, 3.05) is 26.1 Å². The summed E-state index contributed by atoms with van der Waals surface area (Å²) in [6, 6.07) is 0. The summed E-state index contributed by atoms with van der Waals surface area (Å²) in [7, 11) is -1.73. The Morgan fingerprint density at radius 3 is 2.40 bits per heavy atom. The first kappa shape index (κ1) is 18.4. The normalized spacial score (nSPS) is 24.5. The van der Waals surface area contributed by atoms with Crippen LogP contribution in [0.5, 0.6) is 0 Å². The molecule has 1 aliphatic rings. The molecule has 2 unspecified atom stereocenters. The maximum absolute atomic E-state index is 6.13. The lowest BCUT2D eigenvalue weighted by Crippen LogP contribution is -2.46. The Kier molecular flexibility index (Phi) is 6.94. The van der Waals surface area contributed by atoms with Crippen LogP contribution in [0.2, 0.25) is 18.1 Å². The van der Waals surface area contributed by atoms with E-state index in [1.165, 1.54) is 11.8 Å². The van der Waals surface area contributed by atoms with Crippen molar-refractivity contribution in [2.24, 2.45) is 0 Å². The third kappa shape index (κ3) is 5.61. The Balaban J connectivity index is 2.31. The van der Waals surface area contributed by atoms with Gasteiger partial charge in [-0.3, -0.25) is 0 Å². The van der Waals surface area contributed by atoms with Crippen LogP contribution in [-0.4, -0.2) is 51.2 Å². The molecule has 0 aliphatic carbocycles. The monoisotopic (exact) mass is 338 g/mol. The maximum Gasteiger partial charge on any atom is 0.225 e. The van der Waals surface area contributed by atoms with E-state index in [0.717, 1.165) is 0 Å². The van der Waals surface area contributed by atoms with Crippen LogP contribution in [0.4, 0.5) is 0 Å². The Hall–Kier alpha value is 0.337. The SMILES string of the molecule is CSC(=S)OC1COC(CO[Si](C)(C)C(C)(C)C)CO1. The molecule has 0 radical (unpaired) electrons. The molecule has 0 bridgehead atoms. The number of thioether (sulfide) groups is 1. The number of hydrogen-bond donors (Lipinski definition) is 0. The highest BCUT2D eigenvalue weighted by Gasteiger charge is 2.38. The van der Waals surface area contributed by atoms with E-state index in [4.69, 9.17) is 30.9 Å². The minimum atomic E-state index is -1.73. The molecule has 1 rings (SSSR count). The van der Waals surface area contributed by atoms with Crippen molar-refractivity contribution in [1.29, 1.82) is 0 Å². The van der Waals surface area contributed by atoms with Gasteiger partial charge in [0.25, 0.3) is 0 Å². The van der Waals surface area contributed by atoms with Crippen molar-refractivity contribution in [3.05, 3.63) is 0 Å². The molecule has 0 aromatic carbocycles. The molecule has 0 spiro atoms. The summed E-state index contributed by atoms with van der Waals surface area (Å²) in [6.45, 7) is 12.6. The van der Waals surface area contributed by atoms with Gasteiger partial charge >= 0.3 is 0 Å². The van der Waals surface area contributed by atoms with E-state index in [0.29, 0.717) is 24.2 Å². The average molecular weight is 339 g/mol. The highest BCUT2D eigenvalue weighted by atomic mass is 32.2. The summed E-state index contributed by atoms with van der Waals surface area (Å²) in [6.07, 6.45) is 1.47. The van der Waals surface area contributed by atoms with E-state index in [1.807, 2.05) is 6.26 Å². The second-order valence-corrected chi connectivity index (χ2v) is 12.6. The van der Waals surface area contributed by atoms with Crippen LogP contribution < -0.4 is 0 Å². The van der Waals surface area contributed by atoms with Gasteiger partial charge in [-0.05, 0) is 36.6 Å². The fourth-order valence-corrected chi connectivity index (χ4v) is 2.71. The predicted octanol–water partition coefficient (Wildman–Crippen LogP) is 3.41. The van der Waals surface area contributed by atoms with Crippen molar-refractivity contribution >= 4 is 36.7 Å².